The molecule has 1 aliphatic heterocycles. The van der Waals surface area contributed by atoms with Crippen molar-refractivity contribution in [3.63, 3.8) is 0 Å². The summed E-state index contributed by atoms with van der Waals surface area (Å²) in [5, 5.41) is 0. The Balaban J connectivity index is 2.21. The van der Waals surface area contributed by atoms with Gasteiger partial charge in [-0.3, -0.25) is 4.98 Å². The maximum atomic E-state index is 11.5. The van der Waals surface area contributed by atoms with E-state index in [9.17, 15) is 8.42 Å². The number of aromatic nitrogens is 1. The molecule has 1 aromatic rings. The average Bonchev–Trinajstić information content (AvgIpc) is 2.50. The van der Waals surface area contributed by atoms with Gasteiger partial charge in [-0.1, -0.05) is 12.2 Å². The van der Waals surface area contributed by atoms with Gasteiger partial charge in [0.15, 0.2) is 9.84 Å². The van der Waals surface area contributed by atoms with Crippen molar-refractivity contribution in [1.82, 2.24) is 4.98 Å². The van der Waals surface area contributed by atoms with Gasteiger partial charge >= 0.3 is 0 Å². The molecule has 5 nitrogen and oxygen atoms in total. The molecule has 18 heavy (non-hydrogen) atoms. The van der Waals surface area contributed by atoms with Crippen LogP contribution in [0.2, 0.25) is 0 Å². The lowest BCUT2D eigenvalue weighted by molar-refractivity contribution is 0.597. The standard InChI is InChI=1S/C11H15N3O2S2/c12-11(17)10-8-9(2-3-13-10)14-4-1-6-18(15,16)7-5-14/h2-3,8H,1,4-7H2,(H2,12,17). The number of sulfone groups is 1. The second kappa shape index (κ2) is 5.19. The molecule has 0 bridgehead atoms. The van der Waals surface area contributed by atoms with Crippen LogP contribution in [0.25, 0.3) is 0 Å². The number of rotatable bonds is 2. The first-order valence-corrected chi connectivity index (χ1v) is 7.92. The first-order valence-electron chi connectivity index (χ1n) is 5.69. The summed E-state index contributed by atoms with van der Waals surface area (Å²) in [5.41, 5.74) is 7.03. The Morgan fingerprint density at radius 3 is 2.89 bits per heavy atom. The van der Waals surface area contributed by atoms with Crippen LogP contribution in [0.1, 0.15) is 12.1 Å². The summed E-state index contributed by atoms with van der Waals surface area (Å²) in [5.74, 6) is 0.453. The van der Waals surface area contributed by atoms with Crippen LogP contribution in [0.5, 0.6) is 0 Å². The van der Waals surface area contributed by atoms with Crippen LogP contribution in [-0.4, -0.2) is 43.0 Å². The fraction of sp³-hybridized carbons (Fsp3) is 0.455. The predicted molar refractivity (Wildman–Crippen MR) is 75.6 cm³/mol. The van der Waals surface area contributed by atoms with Gasteiger partial charge in [0.1, 0.15) is 4.99 Å². The Bertz CT molecular complexity index is 557. The van der Waals surface area contributed by atoms with Gasteiger partial charge in [-0.25, -0.2) is 8.42 Å². The van der Waals surface area contributed by atoms with Crippen LogP contribution in [-0.2, 0) is 9.84 Å². The number of anilines is 1. The van der Waals surface area contributed by atoms with E-state index in [1.54, 1.807) is 12.3 Å². The molecule has 1 aromatic heterocycles. The van der Waals surface area contributed by atoms with Crippen LogP contribution in [0.15, 0.2) is 18.3 Å². The van der Waals surface area contributed by atoms with Crippen LogP contribution < -0.4 is 10.6 Å². The molecule has 7 heteroatoms. The Hall–Kier alpha value is -1.21. The molecule has 2 N–H and O–H groups in total. The zero-order chi connectivity index (χ0) is 13.2. The highest BCUT2D eigenvalue weighted by molar-refractivity contribution is 7.91. The van der Waals surface area contributed by atoms with Gasteiger partial charge in [-0.2, -0.15) is 0 Å². The Morgan fingerprint density at radius 2 is 2.17 bits per heavy atom. The highest BCUT2D eigenvalue weighted by Crippen LogP contribution is 2.17. The van der Waals surface area contributed by atoms with Gasteiger partial charge in [0, 0.05) is 25.0 Å². The Kier molecular flexibility index (Phi) is 3.82. The number of nitrogens with zero attached hydrogens (tertiary/aromatic N) is 2. The summed E-state index contributed by atoms with van der Waals surface area (Å²) in [6, 6.07) is 3.65. The molecule has 0 unspecified atom stereocenters. The van der Waals surface area contributed by atoms with Gasteiger partial charge in [-0.15, -0.1) is 0 Å². The zero-order valence-corrected chi connectivity index (χ0v) is 11.5. The first-order chi connectivity index (χ1) is 8.48. The lowest BCUT2D eigenvalue weighted by Gasteiger charge is -2.22. The molecule has 0 saturated carbocycles. The summed E-state index contributed by atoms with van der Waals surface area (Å²) in [6.07, 6.45) is 2.29. The van der Waals surface area contributed by atoms with E-state index in [4.69, 9.17) is 18.0 Å². The largest absolute Gasteiger partial charge is 0.388 e. The molecule has 0 radical (unpaired) electrons. The molecule has 98 valence electrons. The monoisotopic (exact) mass is 285 g/mol. The molecular formula is C11H15N3O2S2. The van der Waals surface area contributed by atoms with Crippen LogP contribution in [0, 0.1) is 0 Å². The third kappa shape index (κ3) is 3.17. The second-order valence-electron chi connectivity index (χ2n) is 4.26. The molecule has 2 heterocycles. The van der Waals surface area contributed by atoms with E-state index in [1.165, 1.54) is 0 Å². The molecule has 1 fully saturated rings. The van der Waals surface area contributed by atoms with Crippen LogP contribution in [0.3, 0.4) is 0 Å². The van der Waals surface area contributed by atoms with Crippen molar-refractivity contribution in [2.45, 2.75) is 6.42 Å². The minimum atomic E-state index is -2.89. The summed E-state index contributed by atoms with van der Waals surface area (Å²) in [4.78, 5) is 6.36. The quantitative estimate of drug-likeness (QED) is 0.790. The van der Waals surface area contributed by atoms with E-state index >= 15 is 0 Å². The third-order valence-corrected chi connectivity index (χ3v) is 4.84. The van der Waals surface area contributed by atoms with Crippen molar-refractivity contribution in [3.05, 3.63) is 24.0 Å². The van der Waals surface area contributed by atoms with Crippen molar-refractivity contribution < 1.29 is 8.42 Å². The Labute approximate surface area is 112 Å². The van der Waals surface area contributed by atoms with Gasteiger partial charge in [0.05, 0.1) is 17.2 Å². The molecule has 0 amide bonds. The SMILES string of the molecule is NC(=S)c1cc(N2CCCS(=O)(=O)CC2)ccn1. The molecule has 0 aliphatic carbocycles. The van der Waals surface area contributed by atoms with Crippen LogP contribution >= 0.6 is 12.2 Å². The second-order valence-corrected chi connectivity index (χ2v) is 7.00. The minimum Gasteiger partial charge on any atom is -0.388 e. The van der Waals surface area contributed by atoms with E-state index in [0.717, 1.165) is 12.2 Å². The third-order valence-electron chi connectivity index (χ3n) is 2.92. The summed E-state index contributed by atoms with van der Waals surface area (Å²) < 4.78 is 23.1. The molecule has 2 rings (SSSR count). The summed E-state index contributed by atoms with van der Waals surface area (Å²) in [6.45, 7) is 1.23. The fourth-order valence-electron chi connectivity index (χ4n) is 1.95. The minimum absolute atomic E-state index is 0.192. The number of hydrogen-bond acceptors (Lipinski definition) is 5. The average molecular weight is 285 g/mol. The molecule has 0 aromatic carbocycles. The van der Waals surface area contributed by atoms with E-state index in [-0.39, 0.29) is 16.5 Å². The maximum absolute atomic E-state index is 11.5. The molecule has 0 spiro atoms. The van der Waals surface area contributed by atoms with Gasteiger partial charge < -0.3 is 10.6 Å². The number of nitrogens with two attached hydrogens (primary N) is 1. The summed E-state index contributed by atoms with van der Waals surface area (Å²) in [7, 11) is -2.89. The lowest BCUT2D eigenvalue weighted by atomic mass is 10.2. The lowest BCUT2D eigenvalue weighted by Crippen LogP contribution is -2.27. The van der Waals surface area contributed by atoms with Crippen molar-refractivity contribution in [3.8, 4) is 0 Å². The van der Waals surface area contributed by atoms with Gasteiger partial charge in [0.2, 0.25) is 0 Å². The van der Waals surface area contributed by atoms with Crippen molar-refractivity contribution in [2.24, 2.45) is 5.73 Å². The van der Waals surface area contributed by atoms with Gasteiger partial charge in [0.25, 0.3) is 0 Å². The van der Waals surface area contributed by atoms with E-state index in [1.807, 2.05) is 11.0 Å². The highest BCUT2D eigenvalue weighted by Gasteiger charge is 2.19. The van der Waals surface area contributed by atoms with Crippen molar-refractivity contribution in [1.29, 1.82) is 0 Å². The number of hydrogen-bond donors (Lipinski definition) is 1. The van der Waals surface area contributed by atoms with Gasteiger partial charge in [-0.05, 0) is 18.6 Å². The van der Waals surface area contributed by atoms with E-state index in [2.05, 4.69) is 4.98 Å². The maximum Gasteiger partial charge on any atom is 0.152 e. The molecule has 1 saturated heterocycles. The number of thiocarbonyl (C=S) groups is 1. The van der Waals surface area contributed by atoms with E-state index in [0.29, 0.717) is 18.7 Å². The number of pyridine rings is 1. The highest BCUT2D eigenvalue weighted by atomic mass is 32.2. The smallest absolute Gasteiger partial charge is 0.152 e. The van der Waals surface area contributed by atoms with Crippen molar-refractivity contribution in [2.75, 3.05) is 29.5 Å². The van der Waals surface area contributed by atoms with E-state index < -0.39 is 9.84 Å². The van der Waals surface area contributed by atoms with Crippen molar-refractivity contribution >= 4 is 32.7 Å². The fourth-order valence-corrected chi connectivity index (χ4v) is 3.33. The molecule has 1 aliphatic rings. The molecule has 0 atom stereocenters. The zero-order valence-electron chi connectivity index (χ0n) is 9.87. The molecular weight excluding hydrogens is 270 g/mol. The first kappa shape index (κ1) is 13.2. The predicted octanol–water partition coefficient (Wildman–Crippen LogP) is 0.341. The summed E-state index contributed by atoms with van der Waals surface area (Å²) >= 11 is 4.89. The van der Waals surface area contributed by atoms with Crippen LogP contribution in [0.4, 0.5) is 5.69 Å². The Morgan fingerprint density at radius 1 is 1.39 bits per heavy atom. The normalized spacial score (nSPS) is 19.2. The topological polar surface area (TPSA) is 76.3 Å².